The number of hydrogen-bond donors (Lipinski definition) is 1. The van der Waals surface area contributed by atoms with Gasteiger partial charge in [-0.05, 0) is 34.1 Å². The highest BCUT2D eigenvalue weighted by molar-refractivity contribution is 9.10. The third-order valence-electron chi connectivity index (χ3n) is 2.16. The lowest BCUT2D eigenvalue weighted by atomic mass is 10.2. The van der Waals surface area contributed by atoms with Crippen molar-refractivity contribution < 1.29 is 14.3 Å². The SMILES string of the molecule is COC(=O)CN(C)C(=O)c1cc(N)ccc1Br. The van der Waals surface area contributed by atoms with Crippen molar-refractivity contribution in [1.29, 1.82) is 0 Å². The summed E-state index contributed by atoms with van der Waals surface area (Å²) in [6.45, 7) is -0.101. The first kappa shape index (κ1) is 13.5. The summed E-state index contributed by atoms with van der Waals surface area (Å²) in [7, 11) is 2.80. The molecule has 0 radical (unpaired) electrons. The number of esters is 1. The molecule has 0 saturated carbocycles. The number of nitrogen functional groups attached to an aromatic ring is 1. The number of anilines is 1. The fraction of sp³-hybridized carbons (Fsp3) is 0.273. The Morgan fingerprint density at radius 2 is 2.12 bits per heavy atom. The highest BCUT2D eigenvalue weighted by atomic mass is 79.9. The van der Waals surface area contributed by atoms with E-state index in [2.05, 4.69) is 20.7 Å². The molecular formula is C11H13BrN2O3. The first-order valence-electron chi connectivity index (χ1n) is 4.83. The third kappa shape index (κ3) is 3.45. The molecule has 0 fully saturated rings. The number of likely N-dealkylation sites (N-methyl/N-ethyl adjacent to an activating group) is 1. The number of halogens is 1. The average molecular weight is 301 g/mol. The van der Waals surface area contributed by atoms with E-state index in [0.29, 0.717) is 15.7 Å². The predicted octanol–water partition coefficient (Wildman–Crippen LogP) is 1.28. The molecule has 0 heterocycles. The molecule has 0 aliphatic heterocycles. The van der Waals surface area contributed by atoms with E-state index in [4.69, 9.17) is 5.73 Å². The summed E-state index contributed by atoms with van der Waals surface area (Å²) >= 11 is 3.26. The fourth-order valence-electron chi connectivity index (χ4n) is 1.24. The van der Waals surface area contributed by atoms with Crippen molar-refractivity contribution in [3.63, 3.8) is 0 Å². The topological polar surface area (TPSA) is 72.6 Å². The molecule has 2 N–H and O–H groups in total. The van der Waals surface area contributed by atoms with Crippen LogP contribution in [0.2, 0.25) is 0 Å². The van der Waals surface area contributed by atoms with Crippen LogP contribution in [-0.2, 0) is 9.53 Å². The van der Waals surface area contributed by atoms with Gasteiger partial charge in [0.2, 0.25) is 0 Å². The molecule has 1 aromatic rings. The molecule has 1 amide bonds. The van der Waals surface area contributed by atoms with Crippen LogP contribution in [0.25, 0.3) is 0 Å². The molecule has 0 aliphatic carbocycles. The molecule has 1 aromatic carbocycles. The van der Waals surface area contributed by atoms with Gasteiger partial charge in [0.1, 0.15) is 6.54 Å². The van der Waals surface area contributed by atoms with Crippen LogP contribution in [0.4, 0.5) is 5.69 Å². The quantitative estimate of drug-likeness (QED) is 0.674. The second-order valence-corrected chi connectivity index (χ2v) is 4.33. The normalized spacial score (nSPS) is 9.82. The molecule has 6 heteroatoms. The summed E-state index contributed by atoms with van der Waals surface area (Å²) in [4.78, 5) is 24.3. The summed E-state index contributed by atoms with van der Waals surface area (Å²) in [5.41, 5.74) is 6.51. The molecule has 0 saturated heterocycles. The second kappa shape index (κ2) is 5.67. The molecule has 17 heavy (non-hydrogen) atoms. The Bertz CT molecular complexity index is 448. The van der Waals surface area contributed by atoms with Crippen molar-refractivity contribution in [1.82, 2.24) is 4.90 Å². The van der Waals surface area contributed by atoms with Gasteiger partial charge < -0.3 is 15.4 Å². The van der Waals surface area contributed by atoms with E-state index in [0.717, 1.165) is 0 Å². The lowest BCUT2D eigenvalue weighted by Gasteiger charge is -2.16. The van der Waals surface area contributed by atoms with Crippen LogP contribution in [0.1, 0.15) is 10.4 Å². The average Bonchev–Trinajstić information content (AvgIpc) is 2.31. The summed E-state index contributed by atoms with van der Waals surface area (Å²) in [6, 6.07) is 4.93. The predicted molar refractivity (Wildman–Crippen MR) is 67.5 cm³/mol. The van der Waals surface area contributed by atoms with Crippen molar-refractivity contribution in [2.45, 2.75) is 0 Å². The number of benzene rings is 1. The van der Waals surface area contributed by atoms with Gasteiger partial charge >= 0.3 is 5.97 Å². The van der Waals surface area contributed by atoms with E-state index >= 15 is 0 Å². The monoisotopic (exact) mass is 300 g/mol. The van der Waals surface area contributed by atoms with Gasteiger partial charge in [0.15, 0.2) is 0 Å². The number of nitrogens with two attached hydrogens (primary N) is 1. The van der Waals surface area contributed by atoms with Gasteiger partial charge in [-0.3, -0.25) is 9.59 Å². The van der Waals surface area contributed by atoms with Gasteiger partial charge in [-0.25, -0.2) is 0 Å². The van der Waals surface area contributed by atoms with E-state index in [9.17, 15) is 9.59 Å². The van der Waals surface area contributed by atoms with Gasteiger partial charge in [0, 0.05) is 17.2 Å². The lowest BCUT2D eigenvalue weighted by Crippen LogP contribution is -2.32. The largest absolute Gasteiger partial charge is 0.468 e. The van der Waals surface area contributed by atoms with Crippen molar-refractivity contribution in [2.24, 2.45) is 0 Å². The minimum atomic E-state index is -0.471. The minimum absolute atomic E-state index is 0.101. The number of carbonyl (C=O) groups excluding carboxylic acids is 2. The Morgan fingerprint density at radius 1 is 1.47 bits per heavy atom. The molecule has 0 bridgehead atoms. The zero-order valence-electron chi connectivity index (χ0n) is 9.57. The van der Waals surface area contributed by atoms with Crippen LogP contribution in [0.3, 0.4) is 0 Å². The van der Waals surface area contributed by atoms with Crippen LogP contribution in [0.5, 0.6) is 0 Å². The van der Waals surface area contributed by atoms with E-state index in [1.54, 1.807) is 18.2 Å². The zero-order valence-corrected chi connectivity index (χ0v) is 11.2. The first-order chi connectivity index (χ1) is 7.95. The highest BCUT2D eigenvalue weighted by Crippen LogP contribution is 2.20. The maximum absolute atomic E-state index is 12.0. The molecule has 0 atom stereocenters. The Balaban J connectivity index is 2.88. The minimum Gasteiger partial charge on any atom is -0.468 e. The van der Waals surface area contributed by atoms with Gasteiger partial charge in [-0.15, -0.1) is 0 Å². The summed E-state index contributed by atoms with van der Waals surface area (Å²) in [6.07, 6.45) is 0. The van der Waals surface area contributed by atoms with Gasteiger partial charge in [0.25, 0.3) is 5.91 Å². The number of amides is 1. The third-order valence-corrected chi connectivity index (χ3v) is 2.85. The Morgan fingerprint density at radius 3 is 2.71 bits per heavy atom. The fourth-order valence-corrected chi connectivity index (χ4v) is 1.66. The lowest BCUT2D eigenvalue weighted by molar-refractivity contribution is -0.141. The number of methoxy groups -OCH3 is 1. The molecule has 0 aromatic heterocycles. The van der Waals surface area contributed by atoms with Gasteiger partial charge in [-0.1, -0.05) is 0 Å². The van der Waals surface area contributed by atoms with Crippen LogP contribution in [0, 0.1) is 0 Å². The zero-order chi connectivity index (χ0) is 13.0. The number of nitrogens with zero attached hydrogens (tertiary/aromatic N) is 1. The maximum atomic E-state index is 12.0. The molecule has 0 unspecified atom stereocenters. The Kier molecular flexibility index (Phi) is 4.51. The molecule has 92 valence electrons. The number of hydrogen-bond acceptors (Lipinski definition) is 4. The van der Waals surface area contributed by atoms with Crippen LogP contribution in [0.15, 0.2) is 22.7 Å². The number of rotatable bonds is 3. The van der Waals surface area contributed by atoms with Gasteiger partial charge in [0.05, 0.1) is 12.7 Å². The van der Waals surface area contributed by atoms with E-state index in [1.807, 2.05) is 0 Å². The van der Waals surface area contributed by atoms with Crippen LogP contribution >= 0.6 is 15.9 Å². The molecule has 1 rings (SSSR count). The standard InChI is InChI=1S/C11H13BrN2O3/c1-14(6-10(15)17-2)11(16)8-5-7(13)3-4-9(8)12/h3-5H,6,13H2,1-2H3. The highest BCUT2D eigenvalue weighted by Gasteiger charge is 2.17. The number of ether oxygens (including phenoxy) is 1. The summed E-state index contributed by atoms with van der Waals surface area (Å²) in [5.74, 6) is -0.768. The van der Waals surface area contributed by atoms with Gasteiger partial charge in [-0.2, -0.15) is 0 Å². The van der Waals surface area contributed by atoms with Crippen LogP contribution < -0.4 is 5.73 Å². The summed E-state index contributed by atoms with van der Waals surface area (Å²) < 4.78 is 5.12. The van der Waals surface area contributed by atoms with Crippen LogP contribution in [-0.4, -0.2) is 37.5 Å². The van der Waals surface area contributed by atoms with E-state index in [1.165, 1.54) is 19.1 Å². The van der Waals surface area contributed by atoms with E-state index < -0.39 is 5.97 Å². The first-order valence-corrected chi connectivity index (χ1v) is 5.62. The number of carbonyl (C=O) groups is 2. The van der Waals surface area contributed by atoms with Crippen molar-refractivity contribution in [3.8, 4) is 0 Å². The maximum Gasteiger partial charge on any atom is 0.325 e. The Hall–Kier alpha value is -1.56. The molecule has 5 nitrogen and oxygen atoms in total. The molecule has 0 aliphatic rings. The molecule has 0 spiro atoms. The smallest absolute Gasteiger partial charge is 0.325 e. The Labute approximate surface area is 108 Å². The summed E-state index contributed by atoms with van der Waals surface area (Å²) in [5, 5.41) is 0. The van der Waals surface area contributed by atoms with Crippen molar-refractivity contribution in [3.05, 3.63) is 28.2 Å². The second-order valence-electron chi connectivity index (χ2n) is 3.48. The van der Waals surface area contributed by atoms with Crippen molar-refractivity contribution in [2.75, 3.05) is 26.4 Å². The van der Waals surface area contributed by atoms with E-state index in [-0.39, 0.29) is 12.5 Å². The van der Waals surface area contributed by atoms with Crippen molar-refractivity contribution >= 4 is 33.5 Å². The molecular weight excluding hydrogens is 288 g/mol.